The summed E-state index contributed by atoms with van der Waals surface area (Å²) in [6, 6.07) is 8.25. The molecule has 0 radical (unpaired) electrons. The van der Waals surface area contributed by atoms with E-state index in [1.807, 2.05) is 12.1 Å². The molecular formula is C16H25NO2. The SMILES string of the molecule is CCCCOCCC1(CN)COc2ccccc2C1. The Morgan fingerprint density at radius 1 is 1.32 bits per heavy atom. The van der Waals surface area contributed by atoms with Crippen LogP contribution in [0.15, 0.2) is 24.3 Å². The number of benzene rings is 1. The van der Waals surface area contributed by atoms with Gasteiger partial charge in [-0.1, -0.05) is 31.5 Å². The summed E-state index contributed by atoms with van der Waals surface area (Å²) in [5.41, 5.74) is 7.31. The average molecular weight is 263 g/mol. The molecule has 0 aliphatic carbocycles. The van der Waals surface area contributed by atoms with Gasteiger partial charge in [-0.15, -0.1) is 0 Å². The molecule has 1 atom stereocenters. The molecule has 2 rings (SSSR count). The van der Waals surface area contributed by atoms with E-state index in [-0.39, 0.29) is 5.41 Å². The maximum Gasteiger partial charge on any atom is 0.122 e. The maximum atomic E-state index is 6.00. The van der Waals surface area contributed by atoms with Crippen molar-refractivity contribution in [1.29, 1.82) is 0 Å². The van der Waals surface area contributed by atoms with Crippen LogP contribution < -0.4 is 10.5 Å². The van der Waals surface area contributed by atoms with Gasteiger partial charge in [0.2, 0.25) is 0 Å². The molecule has 1 aromatic rings. The van der Waals surface area contributed by atoms with E-state index >= 15 is 0 Å². The molecule has 106 valence electrons. The van der Waals surface area contributed by atoms with Crippen LogP contribution in [0.5, 0.6) is 5.75 Å². The minimum Gasteiger partial charge on any atom is -0.493 e. The van der Waals surface area contributed by atoms with Crippen molar-refractivity contribution in [3.05, 3.63) is 29.8 Å². The van der Waals surface area contributed by atoms with Crippen LogP contribution in [0.3, 0.4) is 0 Å². The van der Waals surface area contributed by atoms with Crippen molar-refractivity contribution in [2.24, 2.45) is 11.1 Å². The molecule has 0 fully saturated rings. The van der Waals surface area contributed by atoms with E-state index in [4.69, 9.17) is 15.2 Å². The number of fused-ring (bicyclic) bond motifs is 1. The van der Waals surface area contributed by atoms with Crippen LogP contribution in [-0.4, -0.2) is 26.4 Å². The summed E-state index contributed by atoms with van der Waals surface area (Å²) in [5.74, 6) is 1.01. The lowest BCUT2D eigenvalue weighted by Crippen LogP contribution is -2.42. The molecular weight excluding hydrogens is 238 g/mol. The predicted octanol–water partition coefficient (Wildman–Crippen LogP) is 2.77. The molecule has 2 N–H and O–H groups in total. The molecule has 0 aromatic heterocycles. The molecule has 0 amide bonds. The summed E-state index contributed by atoms with van der Waals surface area (Å²) < 4.78 is 11.6. The summed E-state index contributed by atoms with van der Waals surface area (Å²) in [6.45, 7) is 5.17. The lowest BCUT2D eigenvalue weighted by Gasteiger charge is -2.37. The third-order valence-corrected chi connectivity index (χ3v) is 3.92. The molecule has 19 heavy (non-hydrogen) atoms. The van der Waals surface area contributed by atoms with E-state index in [0.29, 0.717) is 13.2 Å². The van der Waals surface area contributed by atoms with Gasteiger partial charge in [-0.3, -0.25) is 0 Å². The number of unbranched alkanes of at least 4 members (excludes halogenated alkanes) is 1. The van der Waals surface area contributed by atoms with Gasteiger partial charge in [0.15, 0.2) is 0 Å². The topological polar surface area (TPSA) is 44.5 Å². The van der Waals surface area contributed by atoms with Gasteiger partial charge in [-0.05, 0) is 30.9 Å². The van der Waals surface area contributed by atoms with Gasteiger partial charge < -0.3 is 15.2 Å². The average Bonchev–Trinajstić information content (AvgIpc) is 2.47. The van der Waals surface area contributed by atoms with Gasteiger partial charge in [0.05, 0.1) is 6.61 Å². The second kappa shape index (κ2) is 6.92. The van der Waals surface area contributed by atoms with Crippen LogP contribution in [-0.2, 0) is 11.2 Å². The van der Waals surface area contributed by atoms with Crippen molar-refractivity contribution >= 4 is 0 Å². The lowest BCUT2D eigenvalue weighted by molar-refractivity contribution is 0.0577. The molecule has 1 unspecified atom stereocenters. The number of hydrogen-bond acceptors (Lipinski definition) is 3. The first-order chi connectivity index (χ1) is 9.29. The quantitative estimate of drug-likeness (QED) is 0.769. The summed E-state index contributed by atoms with van der Waals surface area (Å²) in [7, 11) is 0. The Balaban J connectivity index is 1.90. The number of ether oxygens (including phenoxy) is 2. The Morgan fingerprint density at radius 2 is 2.16 bits per heavy atom. The molecule has 0 spiro atoms. The zero-order valence-electron chi connectivity index (χ0n) is 11.9. The molecule has 1 heterocycles. The van der Waals surface area contributed by atoms with Crippen molar-refractivity contribution in [3.8, 4) is 5.75 Å². The molecule has 1 aliphatic rings. The zero-order valence-corrected chi connectivity index (χ0v) is 11.9. The number of rotatable bonds is 7. The fraction of sp³-hybridized carbons (Fsp3) is 0.625. The summed E-state index contributed by atoms with van der Waals surface area (Å²) >= 11 is 0. The minimum absolute atomic E-state index is 0.0422. The van der Waals surface area contributed by atoms with Gasteiger partial charge in [0.1, 0.15) is 5.75 Å². The van der Waals surface area contributed by atoms with Gasteiger partial charge in [-0.25, -0.2) is 0 Å². The fourth-order valence-electron chi connectivity index (χ4n) is 2.51. The first-order valence-electron chi connectivity index (χ1n) is 7.28. The molecule has 1 aliphatic heterocycles. The zero-order chi connectivity index (χ0) is 13.6. The van der Waals surface area contributed by atoms with E-state index in [9.17, 15) is 0 Å². The monoisotopic (exact) mass is 263 g/mol. The van der Waals surface area contributed by atoms with Gasteiger partial charge >= 0.3 is 0 Å². The van der Waals surface area contributed by atoms with E-state index < -0.39 is 0 Å². The molecule has 0 bridgehead atoms. The first-order valence-corrected chi connectivity index (χ1v) is 7.28. The highest BCUT2D eigenvalue weighted by atomic mass is 16.5. The smallest absolute Gasteiger partial charge is 0.122 e. The van der Waals surface area contributed by atoms with Crippen molar-refractivity contribution in [1.82, 2.24) is 0 Å². The van der Waals surface area contributed by atoms with Gasteiger partial charge in [-0.2, -0.15) is 0 Å². The fourth-order valence-corrected chi connectivity index (χ4v) is 2.51. The van der Waals surface area contributed by atoms with E-state index in [2.05, 4.69) is 19.1 Å². The molecule has 1 aromatic carbocycles. The van der Waals surface area contributed by atoms with Crippen LogP contribution in [0.2, 0.25) is 0 Å². The normalized spacial score (nSPS) is 21.8. The molecule has 3 nitrogen and oxygen atoms in total. The van der Waals surface area contributed by atoms with Crippen molar-refractivity contribution in [2.45, 2.75) is 32.6 Å². The largest absolute Gasteiger partial charge is 0.493 e. The highest BCUT2D eigenvalue weighted by molar-refractivity contribution is 5.36. The molecule has 0 saturated carbocycles. The van der Waals surface area contributed by atoms with Gasteiger partial charge in [0, 0.05) is 25.2 Å². The minimum atomic E-state index is 0.0422. The molecule has 0 saturated heterocycles. The lowest BCUT2D eigenvalue weighted by atomic mass is 9.78. The van der Waals surface area contributed by atoms with Crippen LogP contribution in [0.1, 0.15) is 31.7 Å². The standard InChI is InChI=1S/C16H25NO2/c1-2-3-9-18-10-8-16(12-17)11-14-6-4-5-7-15(14)19-13-16/h4-7H,2-3,8-13,17H2,1H3. The Morgan fingerprint density at radius 3 is 2.95 bits per heavy atom. The van der Waals surface area contributed by atoms with Crippen molar-refractivity contribution in [3.63, 3.8) is 0 Å². The van der Waals surface area contributed by atoms with Crippen LogP contribution in [0.4, 0.5) is 0 Å². The highest BCUT2D eigenvalue weighted by Crippen LogP contribution is 2.36. The van der Waals surface area contributed by atoms with E-state index in [0.717, 1.165) is 38.2 Å². The van der Waals surface area contributed by atoms with Crippen LogP contribution >= 0.6 is 0 Å². The second-order valence-electron chi connectivity index (χ2n) is 5.49. The van der Waals surface area contributed by atoms with Crippen LogP contribution in [0.25, 0.3) is 0 Å². The summed E-state index contributed by atoms with van der Waals surface area (Å²) in [4.78, 5) is 0. The first kappa shape index (κ1) is 14.4. The van der Waals surface area contributed by atoms with Crippen molar-refractivity contribution in [2.75, 3.05) is 26.4 Å². The maximum absolute atomic E-state index is 6.00. The third-order valence-electron chi connectivity index (χ3n) is 3.92. The number of para-hydroxylation sites is 1. The van der Waals surface area contributed by atoms with E-state index in [1.54, 1.807) is 0 Å². The summed E-state index contributed by atoms with van der Waals surface area (Å²) in [6.07, 6.45) is 4.28. The third kappa shape index (κ3) is 3.71. The number of nitrogens with two attached hydrogens (primary N) is 1. The Labute approximate surface area is 116 Å². The Hall–Kier alpha value is -1.06. The number of hydrogen-bond donors (Lipinski definition) is 1. The Kier molecular flexibility index (Phi) is 5.23. The Bertz CT molecular complexity index is 394. The van der Waals surface area contributed by atoms with E-state index in [1.165, 1.54) is 12.0 Å². The van der Waals surface area contributed by atoms with Crippen molar-refractivity contribution < 1.29 is 9.47 Å². The second-order valence-corrected chi connectivity index (χ2v) is 5.49. The highest BCUT2D eigenvalue weighted by Gasteiger charge is 2.34. The van der Waals surface area contributed by atoms with Crippen LogP contribution in [0, 0.1) is 5.41 Å². The molecule has 3 heteroatoms. The van der Waals surface area contributed by atoms with Gasteiger partial charge in [0.25, 0.3) is 0 Å². The predicted molar refractivity (Wildman–Crippen MR) is 77.5 cm³/mol. The summed E-state index contributed by atoms with van der Waals surface area (Å²) in [5, 5.41) is 0.